The van der Waals surface area contributed by atoms with Crippen LogP contribution in [0, 0.1) is 5.41 Å². The maximum absolute atomic E-state index is 6.24. The molecule has 3 saturated heterocycles. The minimum Gasteiger partial charge on any atom is -0.375 e. The molecule has 3 aliphatic rings. The molecule has 0 spiro atoms. The van der Waals surface area contributed by atoms with Crippen molar-refractivity contribution >= 4 is 0 Å². The second-order valence-corrected chi connectivity index (χ2v) is 7.04. The number of hydrogen-bond acceptors (Lipinski definition) is 6. The fourth-order valence-electron chi connectivity index (χ4n) is 3.14. The van der Waals surface area contributed by atoms with Crippen LogP contribution >= 0.6 is 0 Å². The standard InChI is InChI=1S/C17H26O6/c1-6-8-18-10-11-12-13(19-9-7-2)14-15(20-11)23-17(21-12,22-14)16(3,4)5/h6-7,11-15H,1-2,8-10H2,3-5H3/t11-,12-,13+,14-,15-,17?/m1/s1. The van der Waals surface area contributed by atoms with Crippen LogP contribution in [0.2, 0.25) is 0 Å². The summed E-state index contributed by atoms with van der Waals surface area (Å²) in [4.78, 5) is 0. The predicted molar refractivity (Wildman–Crippen MR) is 82.6 cm³/mol. The second kappa shape index (κ2) is 6.27. The van der Waals surface area contributed by atoms with Gasteiger partial charge in [0.25, 0.3) is 5.97 Å². The third-order valence-electron chi connectivity index (χ3n) is 4.29. The van der Waals surface area contributed by atoms with E-state index in [4.69, 9.17) is 28.4 Å². The molecule has 0 saturated carbocycles. The van der Waals surface area contributed by atoms with Gasteiger partial charge >= 0.3 is 0 Å². The van der Waals surface area contributed by atoms with Crippen molar-refractivity contribution in [2.75, 3.05) is 19.8 Å². The highest BCUT2D eigenvalue weighted by molar-refractivity contribution is 5.03. The zero-order valence-electron chi connectivity index (χ0n) is 14.0. The van der Waals surface area contributed by atoms with Crippen molar-refractivity contribution in [2.45, 2.75) is 57.5 Å². The highest BCUT2D eigenvalue weighted by Crippen LogP contribution is 2.52. The Bertz CT molecular complexity index is 458. The van der Waals surface area contributed by atoms with Crippen LogP contribution in [-0.2, 0) is 28.4 Å². The summed E-state index contributed by atoms with van der Waals surface area (Å²) in [6, 6.07) is 0. The van der Waals surface area contributed by atoms with Crippen LogP contribution in [0.25, 0.3) is 0 Å². The van der Waals surface area contributed by atoms with Crippen LogP contribution < -0.4 is 0 Å². The van der Waals surface area contributed by atoms with Gasteiger partial charge in [-0.15, -0.1) is 13.2 Å². The van der Waals surface area contributed by atoms with E-state index in [-0.39, 0.29) is 29.8 Å². The van der Waals surface area contributed by atoms with Crippen molar-refractivity contribution in [3.05, 3.63) is 25.3 Å². The molecule has 0 aromatic heterocycles. The smallest absolute Gasteiger partial charge is 0.291 e. The molecule has 6 atom stereocenters. The molecule has 0 aliphatic carbocycles. The number of hydrogen-bond donors (Lipinski definition) is 0. The van der Waals surface area contributed by atoms with E-state index in [9.17, 15) is 0 Å². The molecule has 0 aromatic carbocycles. The maximum Gasteiger partial charge on any atom is 0.291 e. The van der Waals surface area contributed by atoms with Crippen molar-refractivity contribution in [3.8, 4) is 0 Å². The van der Waals surface area contributed by atoms with Crippen molar-refractivity contribution in [1.82, 2.24) is 0 Å². The highest BCUT2D eigenvalue weighted by Gasteiger charge is 2.69. The lowest BCUT2D eigenvalue weighted by Crippen LogP contribution is -2.64. The van der Waals surface area contributed by atoms with E-state index in [0.29, 0.717) is 19.8 Å². The third kappa shape index (κ3) is 2.88. The molecule has 0 N–H and O–H groups in total. The Hall–Kier alpha value is -0.760. The number of rotatable bonds is 7. The summed E-state index contributed by atoms with van der Waals surface area (Å²) < 4.78 is 35.8. The average molecular weight is 326 g/mol. The largest absolute Gasteiger partial charge is 0.375 e. The number of fused-ring (bicyclic) bond motifs is 2. The predicted octanol–water partition coefficient (Wildman–Crippen LogP) is 2.00. The normalized spacial score (nSPS) is 42.0. The molecule has 6 nitrogen and oxygen atoms in total. The molecule has 1 unspecified atom stereocenters. The molecule has 3 bridgehead atoms. The van der Waals surface area contributed by atoms with Crippen molar-refractivity contribution in [2.24, 2.45) is 5.41 Å². The first kappa shape index (κ1) is 17.1. The van der Waals surface area contributed by atoms with Gasteiger partial charge in [0.15, 0.2) is 6.29 Å². The molecule has 3 aliphatic heterocycles. The minimum atomic E-state index is -1.12. The molecule has 3 rings (SSSR count). The SMILES string of the molecule is C=CCOC[C@H]1O[C@@H]2OC3(C(C)(C)C)O[C@@H]2[C@@H](OCC=C)[C@@H]1O3. The molecule has 23 heavy (non-hydrogen) atoms. The fraction of sp³-hybridized carbons (Fsp3) is 0.765. The van der Waals surface area contributed by atoms with E-state index in [1.807, 2.05) is 20.8 Å². The third-order valence-corrected chi connectivity index (χ3v) is 4.29. The van der Waals surface area contributed by atoms with Gasteiger partial charge in [0.1, 0.15) is 24.4 Å². The fourth-order valence-corrected chi connectivity index (χ4v) is 3.14. The van der Waals surface area contributed by atoms with Crippen LogP contribution in [0.15, 0.2) is 25.3 Å². The van der Waals surface area contributed by atoms with Crippen LogP contribution in [0.5, 0.6) is 0 Å². The summed E-state index contributed by atoms with van der Waals surface area (Å²) in [5, 5.41) is 0. The summed E-state index contributed by atoms with van der Waals surface area (Å²) in [5.74, 6) is -1.12. The Morgan fingerprint density at radius 3 is 2.39 bits per heavy atom. The van der Waals surface area contributed by atoms with Gasteiger partial charge in [-0.2, -0.15) is 0 Å². The van der Waals surface area contributed by atoms with Crippen molar-refractivity contribution in [1.29, 1.82) is 0 Å². The van der Waals surface area contributed by atoms with E-state index >= 15 is 0 Å². The molecule has 3 heterocycles. The summed E-state index contributed by atoms with van der Waals surface area (Å²) in [6.45, 7) is 14.7. The molecule has 0 aromatic rings. The van der Waals surface area contributed by atoms with E-state index < -0.39 is 12.3 Å². The highest BCUT2D eigenvalue weighted by atomic mass is 17.0. The Kier molecular flexibility index (Phi) is 4.66. The van der Waals surface area contributed by atoms with Gasteiger partial charge in [0.05, 0.1) is 19.8 Å². The first-order valence-electron chi connectivity index (χ1n) is 8.02. The Labute approximate surface area is 137 Å². The lowest BCUT2D eigenvalue weighted by Gasteiger charge is -2.48. The van der Waals surface area contributed by atoms with Crippen molar-refractivity contribution < 1.29 is 28.4 Å². The molecule has 6 heteroatoms. The lowest BCUT2D eigenvalue weighted by molar-refractivity contribution is -0.429. The van der Waals surface area contributed by atoms with E-state index in [2.05, 4.69) is 13.2 Å². The minimum absolute atomic E-state index is 0.276. The zero-order valence-corrected chi connectivity index (χ0v) is 14.0. The quantitative estimate of drug-likeness (QED) is 0.527. The Morgan fingerprint density at radius 2 is 1.74 bits per heavy atom. The number of ether oxygens (including phenoxy) is 6. The van der Waals surface area contributed by atoms with Gasteiger partial charge < -0.3 is 23.7 Å². The van der Waals surface area contributed by atoms with Crippen LogP contribution in [0.1, 0.15) is 20.8 Å². The Morgan fingerprint density at radius 1 is 1.04 bits per heavy atom. The van der Waals surface area contributed by atoms with Crippen LogP contribution in [0.3, 0.4) is 0 Å². The van der Waals surface area contributed by atoms with E-state index in [1.165, 1.54) is 0 Å². The molecular weight excluding hydrogens is 300 g/mol. The molecule has 130 valence electrons. The van der Waals surface area contributed by atoms with Gasteiger partial charge in [0, 0.05) is 5.41 Å². The van der Waals surface area contributed by atoms with Crippen molar-refractivity contribution in [3.63, 3.8) is 0 Å². The summed E-state index contributed by atoms with van der Waals surface area (Å²) >= 11 is 0. The first-order chi connectivity index (χ1) is 10.9. The summed E-state index contributed by atoms with van der Waals surface area (Å²) in [5.41, 5.74) is -0.359. The van der Waals surface area contributed by atoms with Crippen LogP contribution in [0.4, 0.5) is 0 Å². The van der Waals surface area contributed by atoms with Gasteiger partial charge in [0.2, 0.25) is 0 Å². The summed E-state index contributed by atoms with van der Waals surface area (Å²) in [6.07, 6.45) is 1.69. The van der Waals surface area contributed by atoms with Gasteiger partial charge in [-0.1, -0.05) is 32.9 Å². The van der Waals surface area contributed by atoms with E-state index in [0.717, 1.165) is 0 Å². The maximum atomic E-state index is 6.24. The topological polar surface area (TPSA) is 55.4 Å². The lowest BCUT2D eigenvalue weighted by atomic mass is 9.91. The van der Waals surface area contributed by atoms with Crippen LogP contribution in [-0.4, -0.2) is 56.5 Å². The average Bonchev–Trinajstić information content (AvgIpc) is 2.71. The zero-order chi connectivity index (χ0) is 16.7. The molecule has 0 amide bonds. The monoisotopic (exact) mass is 326 g/mol. The Balaban J connectivity index is 1.82. The molecular formula is C17H26O6. The molecule has 0 radical (unpaired) electrons. The van der Waals surface area contributed by atoms with Gasteiger partial charge in [-0.3, -0.25) is 4.74 Å². The van der Waals surface area contributed by atoms with E-state index in [1.54, 1.807) is 12.2 Å². The molecule has 3 fully saturated rings. The first-order valence-corrected chi connectivity index (χ1v) is 8.02. The second-order valence-electron chi connectivity index (χ2n) is 7.04. The van der Waals surface area contributed by atoms with Gasteiger partial charge in [-0.25, -0.2) is 0 Å². The van der Waals surface area contributed by atoms with Gasteiger partial charge in [-0.05, 0) is 0 Å². The summed E-state index contributed by atoms with van der Waals surface area (Å²) in [7, 11) is 0.